The van der Waals surface area contributed by atoms with Crippen LogP contribution in [0.25, 0.3) is 11.1 Å². The van der Waals surface area contributed by atoms with E-state index in [0.717, 1.165) is 11.1 Å². The smallest absolute Gasteiger partial charge is 0.245 e. The van der Waals surface area contributed by atoms with Crippen LogP contribution in [0, 0.1) is 0 Å². The minimum atomic E-state index is -0.396. The van der Waals surface area contributed by atoms with Crippen molar-refractivity contribution in [3.63, 3.8) is 0 Å². The molecule has 1 aliphatic heterocycles. The molecule has 4 heteroatoms. The Morgan fingerprint density at radius 3 is 2.13 bits per heavy atom. The Kier molecular flexibility index (Phi) is 3.18. The van der Waals surface area contributed by atoms with Crippen molar-refractivity contribution in [2.45, 2.75) is 24.9 Å². The first-order chi connectivity index (χ1) is 11.2. The van der Waals surface area contributed by atoms with Crippen molar-refractivity contribution in [3.05, 3.63) is 59.7 Å². The molecule has 1 N–H and O–H groups in total. The topological polar surface area (TPSA) is 49.4 Å². The summed E-state index contributed by atoms with van der Waals surface area (Å²) in [5.41, 5.74) is 4.66. The van der Waals surface area contributed by atoms with Crippen LogP contribution in [-0.2, 0) is 9.59 Å². The van der Waals surface area contributed by atoms with Gasteiger partial charge >= 0.3 is 0 Å². The third-order valence-corrected chi connectivity index (χ3v) is 4.83. The van der Waals surface area contributed by atoms with E-state index >= 15 is 0 Å². The highest BCUT2D eigenvalue weighted by molar-refractivity contribution is 5.92. The van der Waals surface area contributed by atoms with E-state index in [2.05, 4.69) is 29.6 Å². The number of benzene rings is 2. The summed E-state index contributed by atoms with van der Waals surface area (Å²) < 4.78 is 0. The zero-order chi connectivity index (χ0) is 16.0. The van der Waals surface area contributed by atoms with Crippen LogP contribution in [-0.4, -0.2) is 29.8 Å². The average molecular weight is 306 g/mol. The number of carbonyl (C=O) groups excluding carboxylic acids is 2. The lowest BCUT2D eigenvalue weighted by Gasteiger charge is -2.29. The van der Waals surface area contributed by atoms with Crippen LogP contribution < -0.4 is 5.32 Å². The largest absolute Gasteiger partial charge is 0.344 e. The Morgan fingerprint density at radius 1 is 1.04 bits per heavy atom. The average Bonchev–Trinajstić information content (AvgIpc) is 3.15. The molecule has 4 rings (SSSR count). The maximum Gasteiger partial charge on any atom is 0.245 e. The van der Waals surface area contributed by atoms with E-state index < -0.39 is 6.04 Å². The molecular formula is C19H18N2O2. The monoisotopic (exact) mass is 306 g/mol. The van der Waals surface area contributed by atoms with Crippen LogP contribution in [0.15, 0.2) is 48.5 Å². The van der Waals surface area contributed by atoms with Gasteiger partial charge in [-0.3, -0.25) is 9.59 Å². The lowest BCUT2D eigenvalue weighted by Crippen LogP contribution is -2.44. The molecule has 1 unspecified atom stereocenters. The molecule has 1 atom stereocenters. The zero-order valence-corrected chi connectivity index (χ0v) is 13.0. The Balaban J connectivity index is 1.73. The van der Waals surface area contributed by atoms with Crippen molar-refractivity contribution >= 4 is 11.8 Å². The number of nitrogens with one attached hydrogen (secondary N) is 1. The van der Waals surface area contributed by atoms with E-state index in [0.29, 0.717) is 12.8 Å². The van der Waals surface area contributed by atoms with Gasteiger partial charge in [-0.05, 0) is 28.7 Å². The minimum Gasteiger partial charge on any atom is -0.344 e. The van der Waals surface area contributed by atoms with Gasteiger partial charge in [-0.15, -0.1) is 0 Å². The number of hydrogen-bond donors (Lipinski definition) is 1. The van der Waals surface area contributed by atoms with Crippen molar-refractivity contribution in [3.8, 4) is 11.1 Å². The molecule has 2 amide bonds. The van der Waals surface area contributed by atoms with E-state index in [9.17, 15) is 9.59 Å². The summed E-state index contributed by atoms with van der Waals surface area (Å²) in [6, 6.07) is 15.9. The third-order valence-electron chi connectivity index (χ3n) is 4.83. The summed E-state index contributed by atoms with van der Waals surface area (Å²) in [5, 5.41) is 2.78. The van der Waals surface area contributed by atoms with Gasteiger partial charge in [0.05, 0.1) is 6.04 Å². The lowest BCUT2D eigenvalue weighted by atomic mass is 10.0. The summed E-state index contributed by atoms with van der Waals surface area (Å²) in [4.78, 5) is 26.0. The molecule has 0 saturated carbocycles. The SMILES string of the molecule is CN(C(=O)C1CCC(=O)N1)C1c2ccccc2-c2ccccc21. The van der Waals surface area contributed by atoms with Crippen molar-refractivity contribution < 1.29 is 9.59 Å². The number of hydrogen-bond acceptors (Lipinski definition) is 2. The highest BCUT2D eigenvalue weighted by atomic mass is 16.2. The fraction of sp³-hybridized carbons (Fsp3) is 0.263. The first-order valence-corrected chi connectivity index (χ1v) is 7.91. The summed E-state index contributed by atoms with van der Waals surface area (Å²) in [6.07, 6.45) is 1.01. The number of nitrogens with zero attached hydrogens (tertiary/aromatic N) is 1. The van der Waals surface area contributed by atoms with Gasteiger partial charge in [0.15, 0.2) is 0 Å². The molecule has 1 heterocycles. The predicted molar refractivity (Wildman–Crippen MR) is 87.7 cm³/mol. The second-order valence-corrected chi connectivity index (χ2v) is 6.18. The number of likely N-dealkylation sites (N-methyl/N-ethyl adjacent to an activating group) is 1. The fourth-order valence-electron chi connectivity index (χ4n) is 3.72. The molecule has 2 aliphatic rings. The van der Waals surface area contributed by atoms with Crippen LogP contribution in [0.5, 0.6) is 0 Å². The second kappa shape index (κ2) is 5.23. The Bertz CT molecular complexity index is 754. The van der Waals surface area contributed by atoms with Crippen LogP contribution in [0.1, 0.15) is 30.0 Å². The quantitative estimate of drug-likeness (QED) is 0.927. The summed E-state index contributed by atoms with van der Waals surface area (Å²) in [5.74, 6) is -0.0590. The predicted octanol–water partition coefficient (Wildman–Crippen LogP) is 2.49. The molecule has 1 aliphatic carbocycles. The number of fused-ring (bicyclic) bond motifs is 3. The second-order valence-electron chi connectivity index (χ2n) is 6.18. The van der Waals surface area contributed by atoms with Crippen LogP contribution in [0.2, 0.25) is 0 Å². The summed E-state index contributed by atoms with van der Waals surface area (Å²) >= 11 is 0. The maximum atomic E-state index is 12.8. The molecule has 116 valence electrons. The number of carbonyl (C=O) groups is 2. The first-order valence-electron chi connectivity index (χ1n) is 7.91. The van der Waals surface area contributed by atoms with Gasteiger partial charge in [0.25, 0.3) is 0 Å². The molecule has 0 radical (unpaired) electrons. The van der Waals surface area contributed by atoms with Gasteiger partial charge < -0.3 is 10.2 Å². The van der Waals surface area contributed by atoms with Crippen LogP contribution in [0.3, 0.4) is 0 Å². The molecular weight excluding hydrogens is 288 g/mol. The van der Waals surface area contributed by atoms with E-state index in [1.165, 1.54) is 11.1 Å². The lowest BCUT2D eigenvalue weighted by molar-refractivity contribution is -0.134. The van der Waals surface area contributed by atoms with Crippen molar-refractivity contribution in [2.24, 2.45) is 0 Å². The molecule has 2 aromatic rings. The highest BCUT2D eigenvalue weighted by Crippen LogP contribution is 2.45. The van der Waals surface area contributed by atoms with E-state index in [4.69, 9.17) is 0 Å². The number of rotatable bonds is 2. The van der Waals surface area contributed by atoms with E-state index in [1.54, 1.807) is 4.90 Å². The maximum absolute atomic E-state index is 12.8. The van der Waals surface area contributed by atoms with Crippen molar-refractivity contribution in [2.75, 3.05) is 7.05 Å². The molecule has 4 nitrogen and oxygen atoms in total. The zero-order valence-electron chi connectivity index (χ0n) is 13.0. The Morgan fingerprint density at radius 2 is 1.61 bits per heavy atom. The van der Waals surface area contributed by atoms with Crippen molar-refractivity contribution in [1.29, 1.82) is 0 Å². The summed E-state index contributed by atoms with van der Waals surface area (Å²) in [7, 11) is 1.83. The molecule has 1 fully saturated rings. The van der Waals surface area contributed by atoms with E-state index in [1.807, 2.05) is 31.3 Å². The van der Waals surface area contributed by atoms with Crippen LogP contribution in [0.4, 0.5) is 0 Å². The summed E-state index contributed by atoms with van der Waals surface area (Å²) in [6.45, 7) is 0. The highest BCUT2D eigenvalue weighted by Gasteiger charge is 2.37. The fourth-order valence-corrected chi connectivity index (χ4v) is 3.72. The number of amides is 2. The third kappa shape index (κ3) is 2.13. The first kappa shape index (κ1) is 14.0. The minimum absolute atomic E-state index is 0.0210. The molecule has 1 saturated heterocycles. The van der Waals surface area contributed by atoms with Gasteiger partial charge in [0.2, 0.25) is 11.8 Å². The van der Waals surface area contributed by atoms with Gasteiger partial charge in [-0.2, -0.15) is 0 Å². The van der Waals surface area contributed by atoms with Gasteiger partial charge in [-0.1, -0.05) is 48.5 Å². The molecule has 0 aromatic heterocycles. The standard InChI is InChI=1S/C19H18N2O2/c1-21(19(23)16-10-11-17(22)20-16)18-14-8-4-2-6-12(14)13-7-3-5-9-15(13)18/h2-9,16,18H,10-11H2,1H3,(H,20,22). The Hall–Kier alpha value is -2.62. The molecule has 23 heavy (non-hydrogen) atoms. The Labute approximate surface area is 135 Å². The van der Waals surface area contributed by atoms with Crippen LogP contribution >= 0.6 is 0 Å². The van der Waals surface area contributed by atoms with Gasteiger partial charge in [-0.25, -0.2) is 0 Å². The van der Waals surface area contributed by atoms with Gasteiger partial charge in [0, 0.05) is 13.5 Å². The molecule has 0 spiro atoms. The van der Waals surface area contributed by atoms with Crippen molar-refractivity contribution in [1.82, 2.24) is 10.2 Å². The normalized spacial score (nSPS) is 19.2. The molecule has 2 aromatic carbocycles. The van der Waals surface area contributed by atoms with E-state index in [-0.39, 0.29) is 17.9 Å². The molecule has 0 bridgehead atoms. The van der Waals surface area contributed by atoms with Gasteiger partial charge in [0.1, 0.15) is 6.04 Å².